The molecule has 154 valence electrons. The third kappa shape index (κ3) is 8.25. The highest BCUT2D eigenvalue weighted by Gasteiger charge is 2.11. The van der Waals surface area contributed by atoms with E-state index in [9.17, 15) is 16.8 Å². The van der Waals surface area contributed by atoms with Crippen LogP contribution in [0.1, 0.15) is 0 Å². The molecule has 0 aromatic carbocycles. The van der Waals surface area contributed by atoms with Crippen molar-refractivity contribution in [1.29, 1.82) is 0 Å². The van der Waals surface area contributed by atoms with E-state index in [-0.39, 0.29) is 36.8 Å². The van der Waals surface area contributed by atoms with E-state index in [0.717, 1.165) is 0 Å². The Bertz CT molecular complexity index is 974. The fourth-order valence-corrected chi connectivity index (χ4v) is 2.53. The molecule has 7 N–H and O–H groups in total. The quantitative estimate of drug-likeness (QED) is 0.252. The minimum atomic E-state index is -4.18. The zero-order chi connectivity index (χ0) is 20.8. The maximum atomic E-state index is 10.8. The number of pyridine rings is 1. The number of nitrogens with one attached hydrogen (secondary N) is 3. The number of anilines is 5. The minimum absolute atomic E-state index is 0.00295. The average molecular weight is 434 g/mol. The van der Waals surface area contributed by atoms with Gasteiger partial charge in [-0.25, -0.2) is 4.98 Å². The van der Waals surface area contributed by atoms with E-state index < -0.39 is 31.7 Å². The standard InChI is InChI=1S/C12H18N8O6S2/c13-8-2-1-3-9(16-8)17-12-19-10(14-4-6-27(21,22)23)18-11(20-12)15-5-7-28(24,25)26/h1-3H,4-7H2,(H,21,22,23)(H,24,25,26)(H5,13,14,15,16,17,18,19,20). The molecule has 0 aliphatic carbocycles. The molecular weight excluding hydrogens is 416 g/mol. The summed E-state index contributed by atoms with van der Waals surface area (Å²) in [6, 6.07) is 4.81. The molecule has 0 radical (unpaired) electrons. The van der Waals surface area contributed by atoms with Crippen LogP contribution in [0.25, 0.3) is 0 Å². The number of aromatic nitrogens is 4. The van der Waals surface area contributed by atoms with Gasteiger partial charge in [-0.1, -0.05) is 6.07 Å². The van der Waals surface area contributed by atoms with Crippen LogP contribution < -0.4 is 21.7 Å². The summed E-state index contributed by atoms with van der Waals surface area (Å²) in [5.74, 6) is -0.709. The normalized spacial score (nSPS) is 11.8. The molecule has 0 atom stereocenters. The molecule has 0 aliphatic heterocycles. The Morgan fingerprint density at radius 2 is 1.32 bits per heavy atom. The van der Waals surface area contributed by atoms with Crippen molar-refractivity contribution >= 4 is 49.7 Å². The van der Waals surface area contributed by atoms with Crippen molar-refractivity contribution in [3.05, 3.63) is 18.2 Å². The fourth-order valence-electron chi connectivity index (χ4n) is 1.81. The van der Waals surface area contributed by atoms with Gasteiger partial charge in [0.25, 0.3) is 20.2 Å². The number of hydrogen-bond acceptors (Lipinski definition) is 12. The third-order valence-electron chi connectivity index (χ3n) is 2.93. The molecular formula is C12H18N8O6S2. The van der Waals surface area contributed by atoms with Gasteiger partial charge >= 0.3 is 0 Å². The second-order valence-electron chi connectivity index (χ2n) is 5.30. The van der Waals surface area contributed by atoms with Crippen molar-refractivity contribution in [2.45, 2.75) is 0 Å². The Kier molecular flexibility index (Phi) is 6.84. The summed E-state index contributed by atoms with van der Waals surface area (Å²) in [6.07, 6.45) is 0. The lowest BCUT2D eigenvalue weighted by atomic mass is 10.4. The number of nitrogens with zero attached hydrogens (tertiary/aromatic N) is 4. The summed E-state index contributed by atoms with van der Waals surface area (Å²) < 4.78 is 60.7. The number of rotatable bonds is 10. The smallest absolute Gasteiger partial charge is 0.266 e. The Balaban J connectivity index is 2.18. The molecule has 0 amide bonds. The molecule has 0 saturated carbocycles. The van der Waals surface area contributed by atoms with Gasteiger partial charge in [-0.05, 0) is 12.1 Å². The highest BCUT2D eigenvalue weighted by molar-refractivity contribution is 7.86. The summed E-state index contributed by atoms with van der Waals surface area (Å²) in [5.41, 5.74) is 5.59. The van der Waals surface area contributed by atoms with Crippen LogP contribution in [0, 0.1) is 0 Å². The molecule has 0 fully saturated rings. The van der Waals surface area contributed by atoms with E-state index in [1.54, 1.807) is 18.2 Å². The highest BCUT2D eigenvalue weighted by atomic mass is 32.2. The number of nitrogens with two attached hydrogens (primary N) is 1. The molecule has 14 nitrogen and oxygen atoms in total. The second kappa shape index (κ2) is 8.91. The SMILES string of the molecule is Nc1cccc(Nc2nc(NCCS(=O)(=O)O)nc(NCCS(=O)(=O)O)n2)n1. The predicted molar refractivity (Wildman–Crippen MR) is 102 cm³/mol. The van der Waals surface area contributed by atoms with Crippen LogP contribution in [0.15, 0.2) is 18.2 Å². The van der Waals surface area contributed by atoms with Crippen LogP contribution in [0.3, 0.4) is 0 Å². The van der Waals surface area contributed by atoms with E-state index in [1.165, 1.54) is 0 Å². The van der Waals surface area contributed by atoms with Crippen molar-refractivity contribution in [3.8, 4) is 0 Å². The van der Waals surface area contributed by atoms with Crippen molar-refractivity contribution in [2.24, 2.45) is 0 Å². The summed E-state index contributed by atoms with van der Waals surface area (Å²) in [6.45, 7) is -0.382. The second-order valence-corrected chi connectivity index (χ2v) is 8.45. The van der Waals surface area contributed by atoms with Crippen molar-refractivity contribution in [1.82, 2.24) is 19.9 Å². The molecule has 0 aliphatic rings. The molecule has 2 heterocycles. The molecule has 0 unspecified atom stereocenters. The van der Waals surface area contributed by atoms with Crippen LogP contribution in [-0.2, 0) is 20.2 Å². The van der Waals surface area contributed by atoms with E-state index in [0.29, 0.717) is 5.82 Å². The van der Waals surface area contributed by atoms with Crippen molar-refractivity contribution < 1.29 is 25.9 Å². The number of hydrogen-bond donors (Lipinski definition) is 6. The topological polar surface area (TPSA) is 222 Å². The first-order valence-electron chi connectivity index (χ1n) is 7.64. The Hall–Kier alpha value is -2.82. The summed E-state index contributed by atoms with van der Waals surface area (Å²) in [7, 11) is -8.36. The lowest BCUT2D eigenvalue weighted by Gasteiger charge is -2.10. The Labute approximate surface area is 160 Å². The first-order valence-corrected chi connectivity index (χ1v) is 10.9. The van der Waals surface area contributed by atoms with Crippen molar-refractivity contribution in [2.75, 3.05) is 46.3 Å². The number of nitrogen functional groups attached to an aromatic ring is 1. The van der Waals surface area contributed by atoms with Gasteiger partial charge in [0, 0.05) is 13.1 Å². The molecule has 2 rings (SSSR count). The summed E-state index contributed by atoms with van der Waals surface area (Å²) in [5, 5.41) is 7.95. The molecule has 16 heteroatoms. The van der Waals surface area contributed by atoms with Crippen LogP contribution in [0.2, 0.25) is 0 Å². The molecule has 2 aromatic rings. The van der Waals surface area contributed by atoms with Crippen LogP contribution in [0.5, 0.6) is 0 Å². The fraction of sp³-hybridized carbons (Fsp3) is 0.333. The van der Waals surface area contributed by atoms with Gasteiger partial charge in [0.15, 0.2) is 0 Å². The average Bonchev–Trinajstić information content (AvgIpc) is 2.52. The largest absolute Gasteiger partial charge is 0.384 e. The monoisotopic (exact) mass is 434 g/mol. The predicted octanol–water partition coefficient (Wildman–Crippen LogP) is -0.808. The molecule has 28 heavy (non-hydrogen) atoms. The lowest BCUT2D eigenvalue weighted by molar-refractivity contribution is 0.481. The summed E-state index contributed by atoms with van der Waals surface area (Å²) >= 11 is 0. The summed E-state index contributed by atoms with van der Waals surface area (Å²) in [4.78, 5) is 16.0. The van der Waals surface area contributed by atoms with E-state index >= 15 is 0 Å². The van der Waals surface area contributed by atoms with Gasteiger partial charge in [0.2, 0.25) is 17.8 Å². The van der Waals surface area contributed by atoms with Gasteiger partial charge in [-0.2, -0.15) is 31.8 Å². The first-order chi connectivity index (χ1) is 13.0. The van der Waals surface area contributed by atoms with Crippen LogP contribution >= 0.6 is 0 Å². The third-order valence-corrected chi connectivity index (χ3v) is 4.37. The van der Waals surface area contributed by atoms with E-state index in [4.69, 9.17) is 14.8 Å². The van der Waals surface area contributed by atoms with E-state index in [2.05, 4.69) is 35.9 Å². The molecule has 0 saturated heterocycles. The minimum Gasteiger partial charge on any atom is -0.384 e. The van der Waals surface area contributed by atoms with E-state index in [1.807, 2.05) is 0 Å². The highest BCUT2D eigenvalue weighted by Crippen LogP contribution is 2.15. The lowest BCUT2D eigenvalue weighted by Crippen LogP contribution is -2.19. The maximum absolute atomic E-state index is 10.8. The Morgan fingerprint density at radius 3 is 1.79 bits per heavy atom. The maximum Gasteiger partial charge on any atom is 0.266 e. The van der Waals surface area contributed by atoms with Gasteiger partial charge in [-0.3, -0.25) is 9.11 Å². The Morgan fingerprint density at radius 1 is 0.821 bits per heavy atom. The molecule has 2 aromatic heterocycles. The van der Waals surface area contributed by atoms with Gasteiger partial charge in [0.05, 0.1) is 11.5 Å². The van der Waals surface area contributed by atoms with Gasteiger partial charge < -0.3 is 21.7 Å². The first kappa shape index (κ1) is 21.5. The van der Waals surface area contributed by atoms with Crippen molar-refractivity contribution in [3.63, 3.8) is 0 Å². The van der Waals surface area contributed by atoms with Crippen LogP contribution in [0.4, 0.5) is 29.5 Å². The molecule has 0 spiro atoms. The van der Waals surface area contributed by atoms with Gasteiger partial charge in [0.1, 0.15) is 11.6 Å². The zero-order valence-corrected chi connectivity index (χ0v) is 15.9. The zero-order valence-electron chi connectivity index (χ0n) is 14.3. The van der Waals surface area contributed by atoms with Gasteiger partial charge in [-0.15, -0.1) is 0 Å². The molecule has 0 bridgehead atoms. The van der Waals surface area contributed by atoms with Crippen LogP contribution in [-0.4, -0.2) is 70.5 Å².